The van der Waals surface area contributed by atoms with E-state index >= 15 is 0 Å². The number of carboxylic acids is 1. The maximum Gasteiger partial charge on any atom is 0.253 e. The Labute approximate surface area is 115 Å². The molecule has 0 fully saturated rings. The van der Waals surface area contributed by atoms with E-state index in [0.29, 0.717) is 5.02 Å². The summed E-state index contributed by atoms with van der Waals surface area (Å²) in [6, 6.07) is 3.30. The lowest BCUT2D eigenvalue weighted by Crippen LogP contribution is -2.50. The van der Waals surface area contributed by atoms with Gasteiger partial charge in [0.2, 0.25) is 0 Å². The zero-order valence-corrected chi connectivity index (χ0v) is 11.4. The molecule has 0 saturated heterocycles. The van der Waals surface area contributed by atoms with Gasteiger partial charge in [0.15, 0.2) is 0 Å². The van der Waals surface area contributed by atoms with Gasteiger partial charge >= 0.3 is 0 Å². The van der Waals surface area contributed by atoms with E-state index in [1.54, 1.807) is 13.8 Å². The van der Waals surface area contributed by atoms with E-state index in [9.17, 15) is 14.7 Å². The van der Waals surface area contributed by atoms with Crippen LogP contribution < -0.4 is 10.4 Å². The summed E-state index contributed by atoms with van der Waals surface area (Å²) in [6.45, 7) is 3.34. The first-order valence-corrected chi connectivity index (χ1v) is 6.05. The smallest absolute Gasteiger partial charge is 0.253 e. The fourth-order valence-corrected chi connectivity index (χ4v) is 1.88. The number of hydrogen-bond donors (Lipinski definition) is 1. The Kier molecular flexibility index (Phi) is 4.99. The number of amides is 1. The van der Waals surface area contributed by atoms with Crippen LogP contribution in [0.3, 0.4) is 0 Å². The lowest BCUT2D eigenvalue weighted by molar-refractivity contribution is -0.309. The maximum absolute atomic E-state index is 11.9. The van der Waals surface area contributed by atoms with Gasteiger partial charge in [-0.25, -0.2) is 0 Å². The molecule has 0 bridgehead atoms. The Morgan fingerprint density at radius 3 is 2.33 bits per heavy atom. The van der Waals surface area contributed by atoms with E-state index < -0.39 is 17.9 Å². The van der Waals surface area contributed by atoms with E-state index in [-0.39, 0.29) is 16.5 Å². The first-order chi connectivity index (χ1) is 8.32. The largest absolute Gasteiger partial charge is 0.548 e. The first kappa shape index (κ1) is 14.8. The summed E-state index contributed by atoms with van der Waals surface area (Å²) in [6.07, 6.45) is 0. The Balaban J connectivity index is 2.91. The fourth-order valence-electron chi connectivity index (χ4n) is 1.39. The van der Waals surface area contributed by atoms with Crippen LogP contribution in [-0.4, -0.2) is 17.9 Å². The third kappa shape index (κ3) is 3.62. The molecule has 0 aromatic heterocycles. The summed E-state index contributed by atoms with van der Waals surface area (Å²) >= 11 is 11.6. The van der Waals surface area contributed by atoms with E-state index in [1.165, 1.54) is 18.2 Å². The minimum absolute atomic E-state index is 0.167. The molecule has 0 aliphatic heterocycles. The van der Waals surface area contributed by atoms with Gasteiger partial charge in [-0.05, 0) is 24.1 Å². The molecule has 1 N–H and O–H groups in total. The van der Waals surface area contributed by atoms with Crippen molar-refractivity contribution < 1.29 is 14.7 Å². The molecule has 6 heteroatoms. The molecule has 1 aromatic rings. The average molecular weight is 289 g/mol. The second-order valence-electron chi connectivity index (χ2n) is 4.14. The van der Waals surface area contributed by atoms with Crippen LogP contribution in [-0.2, 0) is 4.79 Å². The molecule has 0 heterocycles. The SMILES string of the molecule is CC(C)[C@@H](NC(=O)c1ccc(Cl)cc1Cl)C(=O)[O-]. The Hall–Kier alpha value is -1.26. The Morgan fingerprint density at radius 2 is 1.89 bits per heavy atom. The molecule has 0 saturated carbocycles. The topological polar surface area (TPSA) is 69.2 Å². The summed E-state index contributed by atoms with van der Waals surface area (Å²) in [7, 11) is 0. The van der Waals surface area contributed by atoms with Crippen LogP contribution in [0.5, 0.6) is 0 Å². The highest BCUT2D eigenvalue weighted by Gasteiger charge is 2.19. The Morgan fingerprint density at radius 1 is 1.28 bits per heavy atom. The van der Waals surface area contributed by atoms with Crippen LogP contribution in [0.1, 0.15) is 24.2 Å². The number of carbonyl (C=O) groups is 2. The molecule has 4 nitrogen and oxygen atoms in total. The maximum atomic E-state index is 11.9. The van der Waals surface area contributed by atoms with Crippen LogP contribution >= 0.6 is 23.2 Å². The standard InChI is InChI=1S/C12H13Cl2NO3/c1-6(2)10(12(17)18)15-11(16)8-4-3-7(13)5-9(8)14/h3-6,10H,1-2H3,(H,15,16)(H,17,18)/p-1/t10-/m1/s1. The van der Waals surface area contributed by atoms with Gasteiger partial charge < -0.3 is 15.2 Å². The number of hydrogen-bond acceptors (Lipinski definition) is 3. The van der Waals surface area contributed by atoms with Crippen LogP contribution in [0.25, 0.3) is 0 Å². The van der Waals surface area contributed by atoms with Gasteiger partial charge in [-0.15, -0.1) is 0 Å². The number of benzene rings is 1. The predicted molar refractivity (Wildman–Crippen MR) is 67.6 cm³/mol. The molecule has 18 heavy (non-hydrogen) atoms. The molecule has 1 rings (SSSR count). The van der Waals surface area contributed by atoms with Crippen LogP contribution in [0.15, 0.2) is 18.2 Å². The lowest BCUT2D eigenvalue weighted by atomic mass is 10.0. The number of carboxylic acid groups (broad SMARTS) is 1. The molecule has 1 aromatic carbocycles. The molecule has 0 spiro atoms. The summed E-state index contributed by atoms with van der Waals surface area (Å²) in [4.78, 5) is 22.7. The summed E-state index contributed by atoms with van der Waals surface area (Å²) in [5, 5.41) is 13.8. The van der Waals surface area contributed by atoms with Crippen molar-refractivity contribution in [1.29, 1.82) is 0 Å². The molecule has 0 unspecified atom stereocenters. The van der Waals surface area contributed by atoms with Crippen molar-refractivity contribution in [2.24, 2.45) is 5.92 Å². The van der Waals surface area contributed by atoms with Crippen molar-refractivity contribution >= 4 is 35.1 Å². The van der Waals surface area contributed by atoms with Gasteiger partial charge in [0, 0.05) is 5.02 Å². The zero-order valence-electron chi connectivity index (χ0n) is 9.87. The molecular formula is C12H12Cl2NO3-. The normalized spacial score (nSPS) is 12.3. The van der Waals surface area contributed by atoms with Gasteiger partial charge in [0.1, 0.15) is 0 Å². The van der Waals surface area contributed by atoms with E-state index in [4.69, 9.17) is 23.2 Å². The van der Waals surface area contributed by atoms with Gasteiger partial charge in [-0.3, -0.25) is 4.79 Å². The van der Waals surface area contributed by atoms with E-state index in [2.05, 4.69) is 5.32 Å². The highest BCUT2D eigenvalue weighted by molar-refractivity contribution is 6.36. The lowest BCUT2D eigenvalue weighted by Gasteiger charge is -2.23. The Bertz CT molecular complexity index is 474. The van der Waals surface area contributed by atoms with Gasteiger partial charge in [0.05, 0.1) is 22.6 Å². The second-order valence-corrected chi connectivity index (χ2v) is 4.98. The highest BCUT2D eigenvalue weighted by Crippen LogP contribution is 2.21. The number of rotatable bonds is 4. The number of nitrogens with one attached hydrogen (secondary N) is 1. The molecule has 0 radical (unpaired) electrons. The van der Waals surface area contributed by atoms with Crippen molar-refractivity contribution in [2.75, 3.05) is 0 Å². The number of halogens is 2. The molecule has 0 aliphatic rings. The summed E-state index contributed by atoms with van der Waals surface area (Å²) in [5.41, 5.74) is 0.174. The number of aliphatic carboxylic acids is 1. The van der Waals surface area contributed by atoms with Crippen molar-refractivity contribution in [3.63, 3.8) is 0 Å². The van der Waals surface area contributed by atoms with Crippen molar-refractivity contribution in [2.45, 2.75) is 19.9 Å². The van der Waals surface area contributed by atoms with Crippen molar-refractivity contribution in [1.82, 2.24) is 5.32 Å². The molecule has 1 amide bonds. The summed E-state index contributed by atoms with van der Waals surface area (Å²) in [5.74, 6) is -2.19. The fraction of sp³-hybridized carbons (Fsp3) is 0.333. The molecule has 98 valence electrons. The van der Waals surface area contributed by atoms with E-state index in [1.807, 2.05) is 0 Å². The number of carbonyl (C=O) groups excluding carboxylic acids is 2. The van der Waals surface area contributed by atoms with Gasteiger partial charge in [0.25, 0.3) is 5.91 Å². The van der Waals surface area contributed by atoms with Crippen molar-refractivity contribution in [3.05, 3.63) is 33.8 Å². The minimum Gasteiger partial charge on any atom is -0.548 e. The monoisotopic (exact) mass is 288 g/mol. The van der Waals surface area contributed by atoms with Gasteiger partial charge in [-0.1, -0.05) is 37.0 Å². The third-order valence-corrected chi connectivity index (χ3v) is 2.93. The zero-order chi connectivity index (χ0) is 13.9. The third-order valence-electron chi connectivity index (χ3n) is 2.38. The van der Waals surface area contributed by atoms with Crippen molar-refractivity contribution in [3.8, 4) is 0 Å². The molecule has 0 aliphatic carbocycles. The van der Waals surface area contributed by atoms with Crippen LogP contribution in [0.2, 0.25) is 10.0 Å². The van der Waals surface area contributed by atoms with Gasteiger partial charge in [-0.2, -0.15) is 0 Å². The first-order valence-electron chi connectivity index (χ1n) is 5.29. The molecular weight excluding hydrogens is 277 g/mol. The quantitative estimate of drug-likeness (QED) is 0.913. The summed E-state index contributed by atoms with van der Waals surface area (Å²) < 4.78 is 0. The average Bonchev–Trinajstić information content (AvgIpc) is 2.24. The molecule has 1 atom stereocenters. The minimum atomic E-state index is -1.33. The van der Waals surface area contributed by atoms with E-state index in [0.717, 1.165) is 0 Å². The van der Waals surface area contributed by atoms with Crippen LogP contribution in [0, 0.1) is 5.92 Å². The van der Waals surface area contributed by atoms with Crippen LogP contribution in [0.4, 0.5) is 0 Å². The predicted octanol–water partition coefficient (Wildman–Crippen LogP) is 1.50. The highest BCUT2D eigenvalue weighted by atomic mass is 35.5. The second kappa shape index (κ2) is 6.07.